The maximum atomic E-state index is 13.1. The number of anilines is 2. The molecule has 0 spiro atoms. The molecule has 0 saturated heterocycles. The minimum Gasteiger partial charge on any atom is -0.340 e. The molecule has 29 heavy (non-hydrogen) atoms. The molecule has 6 nitrogen and oxygen atoms in total. The van der Waals surface area contributed by atoms with Gasteiger partial charge < -0.3 is 10.6 Å². The second-order valence-electron chi connectivity index (χ2n) is 7.34. The average Bonchev–Trinajstić information content (AvgIpc) is 3.31. The number of benzene rings is 2. The Kier molecular flexibility index (Phi) is 4.05. The Morgan fingerprint density at radius 2 is 1.93 bits per heavy atom. The summed E-state index contributed by atoms with van der Waals surface area (Å²) in [7, 11) is 0. The molecule has 0 radical (unpaired) electrons. The van der Waals surface area contributed by atoms with Crippen molar-refractivity contribution in [2.24, 2.45) is 0 Å². The van der Waals surface area contributed by atoms with Crippen molar-refractivity contribution >= 4 is 23.3 Å². The highest BCUT2D eigenvalue weighted by Crippen LogP contribution is 2.37. The third kappa shape index (κ3) is 2.84. The van der Waals surface area contributed by atoms with Gasteiger partial charge in [-0.25, -0.2) is 4.79 Å². The van der Waals surface area contributed by atoms with Gasteiger partial charge in [0.05, 0.1) is 11.7 Å². The lowest BCUT2D eigenvalue weighted by Crippen LogP contribution is -2.33. The molecule has 0 aliphatic carbocycles. The van der Waals surface area contributed by atoms with Crippen LogP contribution in [0.15, 0.2) is 60.8 Å². The molecule has 0 fully saturated rings. The van der Waals surface area contributed by atoms with Gasteiger partial charge in [-0.2, -0.15) is 0 Å². The van der Waals surface area contributed by atoms with Crippen LogP contribution < -0.4 is 15.5 Å². The number of fused-ring (bicyclic) bond motifs is 2. The molecule has 1 aromatic heterocycles. The molecule has 1 atom stereocenters. The monoisotopic (exact) mass is 384 g/mol. The molecule has 3 amide bonds. The van der Waals surface area contributed by atoms with E-state index in [0.29, 0.717) is 23.5 Å². The molecule has 0 bridgehead atoms. The van der Waals surface area contributed by atoms with E-state index in [-0.39, 0.29) is 18.0 Å². The Morgan fingerprint density at radius 3 is 2.79 bits per heavy atom. The minimum atomic E-state index is -0.339. The van der Waals surface area contributed by atoms with Gasteiger partial charge in [-0.3, -0.25) is 14.7 Å². The number of para-hydroxylation sites is 1. The van der Waals surface area contributed by atoms with Crippen LogP contribution in [0.25, 0.3) is 0 Å². The van der Waals surface area contributed by atoms with E-state index < -0.39 is 0 Å². The van der Waals surface area contributed by atoms with Crippen LogP contribution in [-0.4, -0.2) is 23.5 Å². The molecular weight excluding hydrogens is 364 g/mol. The Morgan fingerprint density at radius 1 is 1.14 bits per heavy atom. The Hall–Kier alpha value is -3.67. The number of hydrogen-bond acceptors (Lipinski definition) is 3. The molecule has 2 N–H and O–H groups in total. The number of aromatic nitrogens is 1. The zero-order valence-corrected chi connectivity index (χ0v) is 16.0. The number of carbonyl (C=O) groups excluding carboxylic acids is 2. The van der Waals surface area contributed by atoms with E-state index in [1.807, 2.05) is 55.5 Å². The summed E-state index contributed by atoms with van der Waals surface area (Å²) in [6, 6.07) is 17.1. The first-order valence-electron chi connectivity index (χ1n) is 9.65. The van der Waals surface area contributed by atoms with Gasteiger partial charge in [0.15, 0.2) is 0 Å². The van der Waals surface area contributed by atoms with Crippen molar-refractivity contribution in [1.29, 1.82) is 0 Å². The summed E-state index contributed by atoms with van der Waals surface area (Å²) < 4.78 is 0. The van der Waals surface area contributed by atoms with Gasteiger partial charge >= 0.3 is 6.03 Å². The van der Waals surface area contributed by atoms with E-state index in [1.54, 1.807) is 17.2 Å². The molecule has 3 aromatic rings. The number of rotatable bonds is 2. The summed E-state index contributed by atoms with van der Waals surface area (Å²) in [6.07, 6.45) is 2.40. The average molecular weight is 384 g/mol. The van der Waals surface area contributed by atoms with E-state index >= 15 is 0 Å². The molecule has 6 heteroatoms. The maximum Gasteiger partial charge on any atom is 0.326 e. The lowest BCUT2D eigenvalue weighted by atomic mass is 9.95. The van der Waals surface area contributed by atoms with Crippen LogP contribution in [0.2, 0.25) is 0 Å². The number of urea groups is 1. The van der Waals surface area contributed by atoms with Gasteiger partial charge in [0.2, 0.25) is 0 Å². The SMILES string of the molecule is Cc1ccccc1C1NC(=O)c2nccc(NC(=O)N3CCc4ccccc43)c21. The van der Waals surface area contributed by atoms with Crippen LogP contribution in [0.1, 0.15) is 38.8 Å². The summed E-state index contributed by atoms with van der Waals surface area (Å²) in [5.41, 5.74) is 5.84. The molecule has 1 unspecified atom stereocenters. The van der Waals surface area contributed by atoms with Gasteiger partial charge in [-0.15, -0.1) is 0 Å². The van der Waals surface area contributed by atoms with Crippen LogP contribution in [0.5, 0.6) is 0 Å². The van der Waals surface area contributed by atoms with Gasteiger partial charge in [-0.05, 0) is 42.2 Å². The molecule has 0 saturated carbocycles. The van der Waals surface area contributed by atoms with Crippen molar-refractivity contribution in [3.63, 3.8) is 0 Å². The first-order valence-corrected chi connectivity index (χ1v) is 9.65. The highest BCUT2D eigenvalue weighted by Gasteiger charge is 2.35. The molecule has 2 aromatic carbocycles. The second-order valence-corrected chi connectivity index (χ2v) is 7.34. The largest absolute Gasteiger partial charge is 0.340 e. The zero-order valence-electron chi connectivity index (χ0n) is 16.0. The number of hydrogen-bond donors (Lipinski definition) is 2. The number of nitrogens with one attached hydrogen (secondary N) is 2. The maximum absolute atomic E-state index is 13.1. The summed E-state index contributed by atoms with van der Waals surface area (Å²) >= 11 is 0. The lowest BCUT2D eigenvalue weighted by molar-refractivity contribution is 0.0956. The predicted molar refractivity (Wildman–Crippen MR) is 111 cm³/mol. The number of aryl methyl sites for hydroxylation is 1. The number of nitrogens with zero attached hydrogens (tertiary/aromatic N) is 2. The fourth-order valence-electron chi connectivity index (χ4n) is 4.20. The van der Waals surface area contributed by atoms with Crippen LogP contribution in [-0.2, 0) is 6.42 Å². The minimum absolute atomic E-state index is 0.203. The van der Waals surface area contributed by atoms with Gasteiger partial charge in [-0.1, -0.05) is 42.5 Å². The standard InChI is InChI=1S/C23H20N4O2/c1-14-6-2-4-8-16(14)20-19-17(10-12-24-21(19)22(28)26-20)25-23(29)27-13-11-15-7-3-5-9-18(15)27/h2-10,12,20H,11,13H2,1H3,(H,26,28)(H,24,25,29). The van der Waals surface area contributed by atoms with Crippen molar-refractivity contribution in [3.8, 4) is 0 Å². The van der Waals surface area contributed by atoms with E-state index in [0.717, 1.165) is 28.8 Å². The van der Waals surface area contributed by atoms with E-state index in [2.05, 4.69) is 15.6 Å². The first-order chi connectivity index (χ1) is 14.1. The van der Waals surface area contributed by atoms with E-state index in [9.17, 15) is 9.59 Å². The van der Waals surface area contributed by atoms with Crippen LogP contribution in [0.4, 0.5) is 16.2 Å². The van der Waals surface area contributed by atoms with Crippen molar-refractivity contribution in [1.82, 2.24) is 10.3 Å². The molecular formula is C23H20N4O2. The van der Waals surface area contributed by atoms with Crippen molar-refractivity contribution in [3.05, 3.63) is 88.7 Å². The third-order valence-electron chi connectivity index (χ3n) is 5.64. The smallest absolute Gasteiger partial charge is 0.326 e. The Labute approximate surface area is 168 Å². The van der Waals surface area contributed by atoms with E-state index in [1.165, 1.54) is 0 Å². The number of pyridine rings is 1. The Balaban J connectivity index is 1.51. The summed E-state index contributed by atoms with van der Waals surface area (Å²) in [6.45, 7) is 2.64. The van der Waals surface area contributed by atoms with Crippen molar-refractivity contribution in [2.45, 2.75) is 19.4 Å². The number of amides is 3. The lowest BCUT2D eigenvalue weighted by Gasteiger charge is -2.21. The first kappa shape index (κ1) is 17.4. The Bertz CT molecular complexity index is 1140. The fourth-order valence-corrected chi connectivity index (χ4v) is 4.20. The van der Waals surface area contributed by atoms with Crippen molar-refractivity contribution in [2.75, 3.05) is 16.8 Å². The van der Waals surface area contributed by atoms with Crippen LogP contribution in [0, 0.1) is 6.92 Å². The molecule has 2 aliphatic rings. The molecule has 3 heterocycles. The predicted octanol–water partition coefficient (Wildman–Crippen LogP) is 3.82. The van der Waals surface area contributed by atoms with Gasteiger partial charge in [0.1, 0.15) is 5.69 Å². The fraction of sp³-hybridized carbons (Fsp3) is 0.174. The molecule has 2 aliphatic heterocycles. The highest BCUT2D eigenvalue weighted by atomic mass is 16.2. The summed E-state index contributed by atoms with van der Waals surface area (Å²) in [5, 5.41) is 6.03. The van der Waals surface area contributed by atoms with Crippen molar-refractivity contribution < 1.29 is 9.59 Å². The van der Waals surface area contributed by atoms with Crippen LogP contribution in [0.3, 0.4) is 0 Å². The molecule has 5 rings (SSSR count). The van der Waals surface area contributed by atoms with E-state index in [4.69, 9.17) is 0 Å². The molecule has 144 valence electrons. The van der Waals surface area contributed by atoms with Gasteiger partial charge in [0, 0.05) is 24.0 Å². The van der Waals surface area contributed by atoms with Gasteiger partial charge in [0.25, 0.3) is 5.91 Å². The highest BCUT2D eigenvalue weighted by molar-refractivity contribution is 6.06. The normalized spacial score (nSPS) is 16.9. The quantitative estimate of drug-likeness (QED) is 0.705. The third-order valence-corrected chi connectivity index (χ3v) is 5.64. The summed E-state index contributed by atoms with van der Waals surface area (Å²) in [4.78, 5) is 31.6. The second kappa shape index (κ2) is 6.74. The summed E-state index contributed by atoms with van der Waals surface area (Å²) in [5.74, 6) is -0.226. The zero-order chi connectivity index (χ0) is 20.0. The van der Waals surface area contributed by atoms with Crippen LogP contribution >= 0.6 is 0 Å². The topological polar surface area (TPSA) is 74.3 Å². The number of carbonyl (C=O) groups is 2.